The van der Waals surface area contributed by atoms with Gasteiger partial charge in [0.2, 0.25) is 5.91 Å². The van der Waals surface area contributed by atoms with E-state index in [1.165, 1.54) is 23.9 Å². The number of amides is 2. The van der Waals surface area contributed by atoms with Crippen molar-refractivity contribution in [3.63, 3.8) is 0 Å². The number of carboxylic acids is 1. The molecular formula is C21H20ClN5O4S. The number of benzene rings is 2. The van der Waals surface area contributed by atoms with Crippen LogP contribution in [-0.4, -0.2) is 43.4 Å². The Kier molecular flexibility index (Phi) is 7.49. The minimum absolute atomic E-state index is 0.0504. The molecule has 166 valence electrons. The number of carboxylic acid groups (broad SMARTS) is 1. The molecule has 1 atom stereocenters. The quantitative estimate of drug-likeness (QED) is 0.428. The molecule has 0 saturated heterocycles. The average Bonchev–Trinajstić information content (AvgIpc) is 3.13. The first-order valence-corrected chi connectivity index (χ1v) is 10.8. The molecule has 32 heavy (non-hydrogen) atoms. The number of nitrogens with one attached hydrogen (secondary N) is 2. The van der Waals surface area contributed by atoms with E-state index in [1.807, 2.05) is 0 Å². The van der Waals surface area contributed by atoms with Crippen LogP contribution in [0.4, 0.5) is 5.69 Å². The molecule has 3 rings (SSSR count). The molecule has 3 aromatic rings. The Morgan fingerprint density at radius 3 is 2.53 bits per heavy atom. The molecular weight excluding hydrogens is 454 g/mol. The van der Waals surface area contributed by atoms with Crippen molar-refractivity contribution in [3.05, 3.63) is 70.5 Å². The molecule has 3 N–H and O–H groups in total. The minimum Gasteiger partial charge on any atom is -0.478 e. The number of carbonyl (C=O) groups is 3. The zero-order valence-electron chi connectivity index (χ0n) is 17.2. The van der Waals surface area contributed by atoms with Gasteiger partial charge in [0, 0.05) is 23.3 Å². The maximum absolute atomic E-state index is 12.4. The van der Waals surface area contributed by atoms with Crippen molar-refractivity contribution < 1.29 is 19.5 Å². The number of hydrogen-bond acceptors (Lipinski definition) is 6. The Morgan fingerprint density at radius 1 is 1.12 bits per heavy atom. The van der Waals surface area contributed by atoms with Gasteiger partial charge < -0.3 is 20.3 Å². The molecule has 0 spiro atoms. The van der Waals surface area contributed by atoms with Gasteiger partial charge in [-0.2, -0.15) is 0 Å². The Morgan fingerprint density at radius 2 is 1.84 bits per heavy atom. The SMILES string of the molecule is C[C@@H](NC(=O)c1ccc(Cl)cc1)c1nnc(SCC(=O)Nc2cccc(C(=O)O)c2)n1C. The first-order chi connectivity index (χ1) is 15.2. The van der Waals surface area contributed by atoms with Crippen LogP contribution in [0.15, 0.2) is 53.7 Å². The maximum Gasteiger partial charge on any atom is 0.335 e. The lowest BCUT2D eigenvalue weighted by Crippen LogP contribution is -2.28. The molecule has 9 nitrogen and oxygen atoms in total. The van der Waals surface area contributed by atoms with E-state index in [4.69, 9.17) is 16.7 Å². The average molecular weight is 474 g/mol. The van der Waals surface area contributed by atoms with Gasteiger partial charge in [0.25, 0.3) is 5.91 Å². The van der Waals surface area contributed by atoms with Crippen molar-refractivity contribution in [2.45, 2.75) is 18.1 Å². The van der Waals surface area contributed by atoms with E-state index in [0.717, 1.165) is 0 Å². The van der Waals surface area contributed by atoms with Crippen molar-refractivity contribution in [2.24, 2.45) is 7.05 Å². The molecule has 0 aliphatic heterocycles. The van der Waals surface area contributed by atoms with Gasteiger partial charge in [-0.1, -0.05) is 29.4 Å². The van der Waals surface area contributed by atoms with Gasteiger partial charge in [-0.25, -0.2) is 4.79 Å². The van der Waals surface area contributed by atoms with Crippen molar-refractivity contribution in [1.29, 1.82) is 0 Å². The van der Waals surface area contributed by atoms with Gasteiger partial charge in [-0.15, -0.1) is 10.2 Å². The fourth-order valence-corrected chi connectivity index (χ4v) is 3.68. The summed E-state index contributed by atoms with van der Waals surface area (Å²) >= 11 is 7.02. The van der Waals surface area contributed by atoms with Crippen molar-refractivity contribution in [1.82, 2.24) is 20.1 Å². The van der Waals surface area contributed by atoms with Crippen LogP contribution in [0.1, 0.15) is 39.5 Å². The van der Waals surface area contributed by atoms with E-state index >= 15 is 0 Å². The second kappa shape index (κ2) is 10.3. The molecule has 0 saturated carbocycles. The monoisotopic (exact) mass is 473 g/mol. The topological polar surface area (TPSA) is 126 Å². The lowest BCUT2D eigenvalue weighted by molar-refractivity contribution is -0.113. The van der Waals surface area contributed by atoms with Gasteiger partial charge in [-0.05, 0) is 49.4 Å². The van der Waals surface area contributed by atoms with Crippen LogP contribution in [0.2, 0.25) is 5.02 Å². The predicted octanol–water partition coefficient (Wildman–Crippen LogP) is 3.39. The van der Waals surface area contributed by atoms with Crippen LogP contribution in [0.25, 0.3) is 0 Å². The van der Waals surface area contributed by atoms with Crippen molar-refractivity contribution in [3.8, 4) is 0 Å². The third-order valence-electron chi connectivity index (χ3n) is 4.44. The van der Waals surface area contributed by atoms with E-state index in [9.17, 15) is 14.4 Å². The van der Waals surface area contributed by atoms with Gasteiger partial charge in [0.05, 0.1) is 17.4 Å². The Balaban J connectivity index is 1.57. The van der Waals surface area contributed by atoms with Crippen LogP contribution < -0.4 is 10.6 Å². The number of carbonyl (C=O) groups excluding carboxylic acids is 2. The molecule has 0 aliphatic carbocycles. The second-order valence-electron chi connectivity index (χ2n) is 6.82. The van der Waals surface area contributed by atoms with Crippen LogP contribution in [0, 0.1) is 0 Å². The number of hydrogen-bond donors (Lipinski definition) is 3. The summed E-state index contributed by atoms with van der Waals surface area (Å²) < 4.78 is 1.70. The highest BCUT2D eigenvalue weighted by Crippen LogP contribution is 2.20. The normalized spacial score (nSPS) is 11.6. The first-order valence-electron chi connectivity index (χ1n) is 9.46. The summed E-state index contributed by atoms with van der Waals surface area (Å²) in [6, 6.07) is 12.1. The maximum atomic E-state index is 12.4. The van der Waals surface area contributed by atoms with Gasteiger partial charge in [0.1, 0.15) is 0 Å². The van der Waals surface area contributed by atoms with E-state index in [1.54, 1.807) is 54.9 Å². The fourth-order valence-electron chi connectivity index (χ4n) is 2.83. The fraction of sp³-hybridized carbons (Fsp3) is 0.190. The number of aromatic carboxylic acids is 1. The smallest absolute Gasteiger partial charge is 0.335 e. The highest BCUT2D eigenvalue weighted by molar-refractivity contribution is 7.99. The lowest BCUT2D eigenvalue weighted by atomic mass is 10.2. The van der Waals surface area contributed by atoms with Crippen LogP contribution >= 0.6 is 23.4 Å². The summed E-state index contributed by atoms with van der Waals surface area (Å²) in [4.78, 5) is 35.7. The van der Waals surface area contributed by atoms with E-state index in [-0.39, 0.29) is 23.1 Å². The Bertz CT molecular complexity index is 1150. The summed E-state index contributed by atoms with van der Waals surface area (Å²) in [5, 5.41) is 23.8. The standard InChI is InChI=1S/C21H20ClN5O4S/c1-12(23-19(29)13-6-8-15(22)9-7-13)18-25-26-21(27(18)2)32-11-17(28)24-16-5-3-4-14(10-16)20(30)31/h3-10,12H,11H2,1-2H3,(H,23,29)(H,24,28)(H,30,31)/t12-/m1/s1. The van der Waals surface area contributed by atoms with Gasteiger partial charge in [-0.3, -0.25) is 9.59 Å². The van der Waals surface area contributed by atoms with E-state index in [0.29, 0.717) is 27.3 Å². The van der Waals surface area contributed by atoms with Crippen molar-refractivity contribution >= 4 is 46.8 Å². The molecule has 0 bridgehead atoms. The zero-order chi connectivity index (χ0) is 23.3. The molecule has 0 radical (unpaired) electrons. The van der Waals surface area contributed by atoms with Crippen molar-refractivity contribution in [2.75, 3.05) is 11.1 Å². The molecule has 0 aliphatic rings. The Hall–Kier alpha value is -3.37. The molecule has 0 unspecified atom stereocenters. The molecule has 1 aromatic heterocycles. The molecule has 1 heterocycles. The van der Waals surface area contributed by atoms with Crippen LogP contribution in [-0.2, 0) is 11.8 Å². The third kappa shape index (κ3) is 5.86. The summed E-state index contributed by atoms with van der Waals surface area (Å²) in [7, 11) is 1.75. The van der Waals surface area contributed by atoms with Crippen LogP contribution in [0.3, 0.4) is 0 Å². The van der Waals surface area contributed by atoms with E-state index in [2.05, 4.69) is 20.8 Å². The molecule has 2 aromatic carbocycles. The zero-order valence-corrected chi connectivity index (χ0v) is 18.8. The third-order valence-corrected chi connectivity index (χ3v) is 5.71. The lowest BCUT2D eigenvalue weighted by Gasteiger charge is -2.13. The number of thioether (sulfide) groups is 1. The minimum atomic E-state index is -1.07. The van der Waals surface area contributed by atoms with E-state index < -0.39 is 12.0 Å². The van der Waals surface area contributed by atoms with Gasteiger partial charge in [0.15, 0.2) is 11.0 Å². The highest BCUT2D eigenvalue weighted by atomic mass is 35.5. The molecule has 2 amide bonds. The number of halogens is 1. The number of anilines is 1. The van der Waals surface area contributed by atoms with Crippen LogP contribution in [0.5, 0.6) is 0 Å². The highest BCUT2D eigenvalue weighted by Gasteiger charge is 2.19. The molecule has 0 fully saturated rings. The largest absolute Gasteiger partial charge is 0.478 e. The summed E-state index contributed by atoms with van der Waals surface area (Å²) in [6.45, 7) is 1.79. The summed E-state index contributed by atoms with van der Waals surface area (Å²) in [5.74, 6) is -1.07. The summed E-state index contributed by atoms with van der Waals surface area (Å²) in [5.41, 5.74) is 0.956. The Labute approximate surface area is 193 Å². The second-order valence-corrected chi connectivity index (χ2v) is 8.20. The predicted molar refractivity (Wildman–Crippen MR) is 121 cm³/mol. The molecule has 11 heteroatoms. The number of aromatic nitrogens is 3. The van der Waals surface area contributed by atoms with Gasteiger partial charge >= 0.3 is 5.97 Å². The summed E-state index contributed by atoms with van der Waals surface area (Å²) in [6.07, 6.45) is 0. The first kappa shape index (κ1) is 23.3. The number of rotatable bonds is 8. The number of nitrogens with zero attached hydrogens (tertiary/aromatic N) is 3.